The summed E-state index contributed by atoms with van der Waals surface area (Å²) in [6, 6.07) is -5.98. The quantitative estimate of drug-likeness (QED) is 0.166. The van der Waals surface area contributed by atoms with E-state index < -0.39 is 72.5 Å². The molecule has 3 amide bonds. The number of rotatable bonds is 11. The summed E-state index contributed by atoms with van der Waals surface area (Å²) in [5.41, 5.74) is 5.37. The van der Waals surface area contributed by atoms with Crippen LogP contribution in [-0.2, 0) is 24.0 Å². The molecule has 0 saturated heterocycles. The van der Waals surface area contributed by atoms with Crippen molar-refractivity contribution in [1.29, 1.82) is 0 Å². The lowest BCUT2D eigenvalue weighted by Crippen LogP contribution is -2.61. The average molecular weight is 406 g/mol. The minimum atomic E-state index is -1.80. The normalized spacial score (nSPS) is 17.2. The van der Waals surface area contributed by atoms with E-state index in [9.17, 15) is 34.2 Å². The number of carbonyl (C=O) groups is 5. The number of aliphatic hydroxyl groups is 2. The molecule has 0 radical (unpaired) electrons. The van der Waals surface area contributed by atoms with Crippen molar-refractivity contribution in [2.45, 2.75) is 63.6 Å². The maximum Gasteiger partial charge on any atom is 0.326 e. The Morgan fingerprint density at radius 2 is 1.18 bits per heavy atom. The lowest BCUT2D eigenvalue weighted by molar-refractivity contribution is -0.148. The number of aliphatic carboxylic acids is 2. The molecular formula is C15H26N4O9. The van der Waals surface area contributed by atoms with Crippen LogP contribution in [-0.4, -0.2) is 86.5 Å². The highest BCUT2D eigenvalue weighted by molar-refractivity contribution is 5.95. The predicted octanol–water partition coefficient (Wildman–Crippen LogP) is -3.89. The molecule has 13 heteroatoms. The van der Waals surface area contributed by atoms with Gasteiger partial charge >= 0.3 is 11.9 Å². The second kappa shape index (κ2) is 11.2. The minimum absolute atomic E-state index is 0.758. The third-order valence-corrected chi connectivity index (χ3v) is 3.53. The Morgan fingerprint density at radius 3 is 1.50 bits per heavy atom. The lowest BCUT2D eigenvalue weighted by Gasteiger charge is -2.27. The number of hydrogen-bond donors (Lipinski definition) is 8. The molecular weight excluding hydrogens is 380 g/mol. The lowest BCUT2D eigenvalue weighted by atomic mass is 10.1. The topological polar surface area (TPSA) is 228 Å². The summed E-state index contributed by atoms with van der Waals surface area (Å²) in [6.07, 6.45) is -3.83. The molecule has 6 atom stereocenters. The molecule has 6 unspecified atom stereocenters. The molecule has 28 heavy (non-hydrogen) atoms. The van der Waals surface area contributed by atoms with Gasteiger partial charge in [0.05, 0.1) is 24.7 Å². The maximum atomic E-state index is 12.3. The zero-order valence-electron chi connectivity index (χ0n) is 15.6. The fourth-order valence-electron chi connectivity index (χ4n) is 1.97. The highest BCUT2D eigenvalue weighted by atomic mass is 16.4. The molecule has 0 fully saturated rings. The number of carboxylic acid groups (broad SMARTS) is 2. The van der Waals surface area contributed by atoms with Crippen molar-refractivity contribution >= 4 is 29.7 Å². The van der Waals surface area contributed by atoms with E-state index in [0.29, 0.717) is 0 Å². The van der Waals surface area contributed by atoms with Crippen molar-refractivity contribution in [3.63, 3.8) is 0 Å². The molecule has 0 aromatic carbocycles. The van der Waals surface area contributed by atoms with Crippen molar-refractivity contribution in [1.82, 2.24) is 16.0 Å². The van der Waals surface area contributed by atoms with Crippen LogP contribution >= 0.6 is 0 Å². The number of nitrogens with two attached hydrogens (primary N) is 1. The highest BCUT2D eigenvalue weighted by Gasteiger charge is 2.34. The molecule has 0 saturated carbocycles. The number of amides is 3. The van der Waals surface area contributed by atoms with Gasteiger partial charge in [-0.3, -0.25) is 19.2 Å². The molecule has 9 N–H and O–H groups in total. The van der Waals surface area contributed by atoms with Crippen molar-refractivity contribution in [3.05, 3.63) is 0 Å². The third kappa shape index (κ3) is 8.28. The van der Waals surface area contributed by atoms with E-state index >= 15 is 0 Å². The van der Waals surface area contributed by atoms with E-state index in [1.807, 2.05) is 5.32 Å². The van der Waals surface area contributed by atoms with Gasteiger partial charge in [0, 0.05) is 0 Å². The fraction of sp³-hybridized carbons (Fsp3) is 0.667. The van der Waals surface area contributed by atoms with E-state index in [1.165, 1.54) is 13.8 Å². The van der Waals surface area contributed by atoms with Gasteiger partial charge in [-0.15, -0.1) is 0 Å². The predicted molar refractivity (Wildman–Crippen MR) is 92.7 cm³/mol. The van der Waals surface area contributed by atoms with E-state index in [4.69, 9.17) is 15.9 Å². The summed E-state index contributed by atoms with van der Waals surface area (Å²) in [4.78, 5) is 58.0. The zero-order chi connectivity index (χ0) is 22.2. The second-order valence-electron chi connectivity index (χ2n) is 6.24. The smallest absolute Gasteiger partial charge is 0.326 e. The first kappa shape index (κ1) is 25.2. The standard InChI is InChI=1S/C15H26N4O9/c1-5(16)12(24)18-11(7(3)21)14(26)19-10(6(2)20)13(25)17-8(15(27)28)4-9(22)23/h5-8,10-11,20-21H,4,16H2,1-3H3,(H,17,25)(H,18,24)(H,19,26)(H,22,23)(H,27,28). The van der Waals surface area contributed by atoms with Crippen LogP contribution in [0.15, 0.2) is 0 Å². The highest BCUT2D eigenvalue weighted by Crippen LogP contribution is 2.01. The van der Waals surface area contributed by atoms with E-state index in [1.54, 1.807) is 0 Å². The molecule has 0 rings (SSSR count). The van der Waals surface area contributed by atoms with Gasteiger partial charge in [0.1, 0.15) is 18.1 Å². The molecule has 0 aliphatic rings. The largest absolute Gasteiger partial charge is 0.481 e. The van der Waals surface area contributed by atoms with Crippen LogP contribution < -0.4 is 21.7 Å². The molecule has 0 aromatic heterocycles. The summed E-state index contributed by atoms with van der Waals surface area (Å²) >= 11 is 0. The van der Waals surface area contributed by atoms with Crippen LogP contribution in [0.2, 0.25) is 0 Å². The van der Waals surface area contributed by atoms with Crippen LogP contribution in [0.3, 0.4) is 0 Å². The van der Waals surface area contributed by atoms with Crippen molar-refractivity contribution < 1.29 is 44.4 Å². The maximum absolute atomic E-state index is 12.3. The number of nitrogens with one attached hydrogen (secondary N) is 3. The van der Waals surface area contributed by atoms with Crippen LogP contribution in [0.4, 0.5) is 0 Å². The molecule has 160 valence electrons. The Labute approximate surface area is 160 Å². The first-order chi connectivity index (χ1) is 12.8. The second-order valence-corrected chi connectivity index (χ2v) is 6.24. The van der Waals surface area contributed by atoms with Gasteiger partial charge in [0.15, 0.2) is 0 Å². The van der Waals surface area contributed by atoms with E-state index in [0.717, 1.165) is 6.92 Å². The fourth-order valence-corrected chi connectivity index (χ4v) is 1.97. The van der Waals surface area contributed by atoms with E-state index in [-0.39, 0.29) is 0 Å². The molecule has 0 heterocycles. The molecule has 0 aliphatic heterocycles. The number of hydrogen-bond acceptors (Lipinski definition) is 8. The Bertz CT molecular complexity index is 606. The Hall–Kier alpha value is -2.77. The van der Waals surface area contributed by atoms with E-state index in [2.05, 4.69) is 10.6 Å². The van der Waals surface area contributed by atoms with Crippen LogP contribution in [0, 0.1) is 0 Å². The Balaban J connectivity index is 5.32. The number of aliphatic hydroxyl groups excluding tert-OH is 2. The number of carbonyl (C=O) groups excluding carboxylic acids is 3. The van der Waals surface area contributed by atoms with Gasteiger partial charge in [-0.25, -0.2) is 4.79 Å². The summed E-state index contributed by atoms with van der Waals surface area (Å²) in [5, 5.41) is 43.3. The Kier molecular flexibility index (Phi) is 10.1. The van der Waals surface area contributed by atoms with Crippen LogP contribution in [0.1, 0.15) is 27.2 Å². The minimum Gasteiger partial charge on any atom is -0.481 e. The molecule has 0 aliphatic carbocycles. The van der Waals surface area contributed by atoms with Crippen molar-refractivity contribution in [2.24, 2.45) is 5.73 Å². The third-order valence-electron chi connectivity index (χ3n) is 3.53. The molecule has 0 spiro atoms. The van der Waals surface area contributed by atoms with Gasteiger partial charge in [-0.1, -0.05) is 0 Å². The summed E-state index contributed by atoms with van der Waals surface area (Å²) in [7, 11) is 0. The molecule has 0 bridgehead atoms. The first-order valence-electron chi connectivity index (χ1n) is 8.25. The summed E-state index contributed by atoms with van der Waals surface area (Å²) in [5.74, 6) is -6.09. The monoisotopic (exact) mass is 406 g/mol. The molecule has 13 nitrogen and oxygen atoms in total. The van der Waals surface area contributed by atoms with Gasteiger partial charge in [-0.05, 0) is 20.8 Å². The van der Waals surface area contributed by atoms with Crippen molar-refractivity contribution in [2.75, 3.05) is 0 Å². The van der Waals surface area contributed by atoms with Gasteiger partial charge in [0.2, 0.25) is 17.7 Å². The van der Waals surface area contributed by atoms with Gasteiger partial charge < -0.3 is 42.1 Å². The van der Waals surface area contributed by atoms with Crippen LogP contribution in [0.5, 0.6) is 0 Å². The van der Waals surface area contributed by atoms with Gasteiger partial charge in [-0.2, -0.15) is 0 Å². The average Bonchev–Trinajstić information content (AvgIpc) is 2.54. The van der Waals surface area contributed by atoms with Crippen molar-refractivity contribution in [3.8, 4) is 0 Å². The van der Waals surface area contributed by atoms with Crippen LogP contribution in [0.25, 0.3) is 0 Å². The number of carboxylic acids is 2. The summed E-state index contributed by atoms with van der Waals surface area (Å²) < 4.78 is 0. The SMILES string of the molecule is CC(N)C(=O)NC(C(=O)NC(C(=O)NC(CC(=O)O)C(=O)O)C(C)O)C(C)O. The molecule has 0 aromatic rings. The first-order valence-corrected chi connectivity index (χ1v) is 8.25. The Morgan fingerprint density at radius 1 is 0.786 bits per heavy atom. The van der Waals surface area contributed by atoms with Gasteiger partial charge in [0.25, 0.3) is 0 Å². The summed E-state index contributed by atoms with van der Waals surface area (Å²) in [6.45, 7) is 3.65. The zero-order valence-corrected chi connectivity index (χ0v) is 15.6.